The molecule has 0 aliphatic heterocycles. The Kier molecular flexibility index (Phi) is 8.47. The summed E-state index contributed by atoms with van der Waals surface area (Å²) in [4.78, 5) is 18.7. The van der Waals surface area contributed by atoms with Crippen molar-refractivity contribution in [2.75, 3.05) is 6.54 Å². The highest BCUT2D eigenvalue weighted by Gasteiger charge is 2.29. The minimum Gasteiger partial charge on any atom is -0.389 e. The molecule has 1 aliphatic rings. The van der Waals surface area contributed by atoms with E-state index in [1.165, 1.54) is 44.4 Å². The molecule has 0 saturated heterocycles. The van der Waals surface area contributed by atoms with Crippen LogP contribution in [-0.4, -0.2) is 42.1 Å². The number of aliphatic hydroxyl groups is 1. The first-order chi connectivity index (χ1) is 18.3. The summed E-state index contributed by atoms with van der Waals surface area (Å²) in [6, 6.07) is 12.6. The third kappa shape index (κ3) is 7.03. The van der Waals surface area contributed by atoms with Crippen molar-refractivity contribution in [2.45, 2.75) is 82.3 Å². The molecule has 0 bridgehead atoms. The van der Waals surface area contributed by atoms with Crippen molar-refractivity contribution in [3.05, 3.63) is 47.1 Å². The summed E-state index contributed by atoms with van der Waals surface area (Å²) in [6.45, 7) is 6.38. The van der Waals surface area contributed by atoms with Gasteiger partial charge in [-0.05, 0) is 51.5 Å². The van der Waals surface area contributed by atoms with Crippen LogP contribution in [0.15, 0.2) is 41.3 Å². The van der Waals surface area contributed by atoms with E-state index >= 15 is 0 Å². The van der Waals surface area contributed by atoms with E-state index in [-0.39, 0.29) is 17.3 Å². The summed E-state index contributed by atoms with van der Waals surface area (Å²) in [5.41, 5.74) is -0.667. The number of fused-ring (bicyclic) bond motifs is 1. The summed E-state index contributed by atoms with van der Waals surface area (Å²) in [7, 11) is -3.99. The lowest BCUT2D eigenvalue weighted by atomic mass is 9.85. The average Bonchev–Trinajstić information content (AvgIpc) is 3.29. The number of carbonyl (C=O) groups excluding carboxylic acids is 1. The molecule has 10 heteroatoms. The second-order valence-electron chi connectivity index (χ2n) is 11.5. The van der Waals surface area contributed by atoms with Gasteiger partial charge in [0.25, 0.3) is 5.91 Å². The average molecular weight is 569 g/mol. The summed E-state index contributed by atoms with van der Waals surface area (Å²) >= 11 is 1.29. The van der Waals surface area contributed by atoms with Gasteiger partial charge >= 0.3 is 0 Å². The Morgan fingerprint density at radius 1 is 1.10 bits per heavy atom. The lowest BCUT2D eigenvalue weighted by Crippen LogP contribution is -2.42. The van der Waals surface area contributed by atoms with Gasteiger partial charge in [-0.1, -0.05) is 62.4 Å². The van der Waals surface area contributed by atoms with Crippen LogP contribution in [0.25, 0.3) is 21.2 Å². The van der Waals surface area contributed by atoms with E-state index in [1.807, 2.05) is 18.2 Å². The van der Waals surface area contributed by atoms with Crippen LogP contribution < -0.4 is 10.0 Å². The van der Waals surface area contributed by atoms with Crippen molar-refractivity contribution in [2.24, 2.45) is 5.92 Å². The van der Waals surface area contributed by atoms with E-state index in [1.54, 1.807) is 38.1 Å². The van der Waals surface area contributed by atoms with Gasteiger partial charge < -0.3 is 10.4 Å². The normalized spacial score (nSPS) is 15.3. The van der Waals surface area contributed by atoms with Gasteiger partial charge in [-0.15, -0.1) is 11.3 Å². The number of amides is 1. The van der Waals surface area contributed by atoms with Crippen LogP contribution in [0.5, 0.6) is 0 Å². The molecule has 8 nitrogen and oxygen atoms in total. The van der Waals surface area contributed by atoms with Gasteiger partial charge in [-0.2, -0.15) is 9.98 Å². The molecule has 208 valence electrons. The zero-order valence-corrected chi connectivity index (χ0v) is 24.5. The topological polar surface area (TPSA) is 132 Å². The largest absolute Gasteiger partial charge is 0.389 e. The van der Waals surface area contributed by atoms with E-state index in [0.29, 0.717) is 16.3 Å². The molecular weight excluding hydrogens is 532 g/mol. The molecule has 1 saturated carbocycles. The third-order valence-electron chi connectivity index (χ3n) is 6.87. The number of nitrogens with zero attached hydrogens (tertiary/aromatic N) is 2. The Morgan fingerprint density at radius 2 is 1.77 bits per heavy atom. The molecule has 0 unspecified atom stereocenters. The number of nitriles is 1. The Hall–Kier alpha value is -2.84. The number of aromatic nitrogens is 1. The van der Waals surface area contributed by atoms with Gasteiger partial charge in [0.05, 0.1) is 27.1 Å². The second-order valence-corrected chi connectivity index (χ2v) is 14.1. The summed E-state index contributed by atoms with van der Waals surface area (Å²) in [5, 5.41) is 23.8. The molecule has 1 heterocycles. The van der Waals surface area contributed by atoms with E-state index in [4.69, 9.17) is 4.98 Å². The van der Waals surface area contributed by atoms with Gasteiger partial charge in [0.15, 0.2) is 5.01 Å². The van der Waals surface area contributed by atoms with Crippen LogP contribution in [0.3, 0.4) is 0 Å². The van der Waals surface area contributed by atoms with E-state index in [2.05, 4.69) is 10.0 Å². The van der Waals surface area contributed by atoms with E-state index in [9.17, 15) is 23.6 Å². The summed E-state index contributed by atoms with van der Waals surface area (Å²) in [6.07, 6.45) is 6.60. The fraction of sp³-hybridized carbons (Fsp3) is 0.483. The first-order valence-electron chi connectivity index (χ1n) is 13.3. The molecule has 3 aromatic rings. The Balaban J connectivity index is 1.81. The standard InChI is InChI=1S/C29H36N4O4S2/c1-28(2,17-30)33-39(36,37)24-15-14-22(20-12-8-9-13-21(20)24)25-23(16-19-10-6-5-7-11-19)32-27(38-25)26(34)31-18-29(3,4)35/h8-9,12-15,19,33,35H,5-7,10-11,16,18H2,1-4H3,(H,31,34). The zero-order chi connectivity index (χ0) is 28.4. The predicted octanol–water partition coefficient (Wildman–Crippen LogP) is 5.17. The van der Waals surface area contributed by atoms with Crippen LogP contribution in [0.2, 0.25) is 0 Å². The van der Waals surface area contributed by atoms with Gasteiger partial charge in [-0.3, -0.25) is 4.79 Å². The smallest absolute Gasteiger partial charge is 0.280 e. The Morgan fingerprint density at radius 3 is 2.41 bits per heavy atom. The van der Waals surface area contributed by atoms with Crippen LogP contribution in [0.1, 0.15) is 75.3 Å². The van der Waals surface area contributed by atoms with Crippen LogP contribution in [0, 0.1) is 17.2 Å². The number of nitrogens with one attached hydrogen (secondary N) is 2. The lowest BCUT2D eigenvalue weighted by Gasteiger charge is -2.21. The zero-order valence-electron chi connectivity index (χ0n) is 22.9. The maximum Gasteiger partial charge on any atom is 0.280 e. The summed E-state index contributed by atoms with van der Waals surface area (Å²) in [5.74, 6) is 0.139. The molecule has 1 aromatic heterocycles. The minimum absolute atomic E-state index is 0.0895. The van der Waals surface area contributed by atoms with E-state index in [0.717, 1.165) is 40.8 Å². The quantitative estimate of drug-likeness (QED) is 0.326. The summed E-state index contributed by atoms with van der Waals surface area (Å²) < 4.78 is 29.1. The molecule has 1 fully saturated rings. The number of benzene rings is 2. The van der Waals surface area contributed by atoms with Crippen molar-refractivity contribution < 1.29 is 18.3 Å². The number of hydrogen-bond acceptors (Lipinski definition) is 7. The third-order valence-corrected chi connectivity index (χ3v) is 9.71. The van der Waals surface area contributed by atoms with Gasteiger partial charge in [0.2, 0.25) is 10.0 Å². The number of carbonyl (C=O) groups is 1. The molecule has 1 amide bonds. The van der Waals surface area contributed by atoms with Crippen molar-refractivity contribution >= 4 is 38.0 Å². The molecule has 0 radical (unpaired) electrons. The molecular formula is C29H36N4O4S2. The van der Waals surface area contributed by atoms with Crippen molar-refractivity contribution in [3.63, 3.8) is 0 Å². The van der Waals surface area contributed by atoms with E-state index < -0.39 is 21.2 Å². The highest BCUT2D eigenvalue weighted by atomic mass is 32.2. The first kappa shape index (κ1) is 29.2. The minimum atomic E-state index is -3.99. The van der Waals surface area contributed by atoms with Gasteiger partial charge in [0, 0.05) is 17.5 Å². The molecule has 0 spiro atoms. The highest BCUT2D eigenvalue weighted by molar-refractivity contribution is 7.89. The van der Waals surface area contributed by atoms with Gasteiger partial charge in [0.1, 0.15) is 5.54 Å². The van der Waals surface area contributed by atoms with Crippen LogP contribution in [0.4, 0.5) is 0 Å². The first-order valence-corrected chi connectivity index (χ1v) is 15.6. The van der Waals surface area contributed by atoms with Crippen LogP contribution in [-0.2, 0) is 16.4 Å². The molecule has 3 N–H and O–H groups in total. The number of sulfonamides is 1. The molecule has 39 heavy (non-hydrogen) atoms. The Labute approximate surface area is 234 Å². The maximum atomic E-state index is 13.3. The maximum absolute atomic E-state index is 13.3. The monoisotopic (exact) mass is 568 g/mol. The molecule has 4 rings (SSSR count). The van der Waals surface area contributed by atoms with Crippen LogP contribution >= 0.6 is 11.3 Å². The SMILES string of the molecule is CC(C)(O)CNC(=O)c1nc(CC2CCCCC2)c(-c2ccc(S(=O)(=O)NC(C)(C)C#N)c3ccccc23)s1. The predicted molar refractivity (Wildman–Crippen MR) is 154 cm³/mol. The molecule has 1 aliphatic carbocycles. The number of hydrogen-bond donors (Lipinski definition) is 3. The fourth-order valence-electron chi connectivity index (χ4n) is 4.95. The van der Waals surface area contributed by atoms with Crippen molar-refractivity contribution in [1.82, 2.24) is 15.0 Å². The molecule has 0 atom stereocenters. The number of rotatable bonds is 9. The second kappa shape index (κ2) is 11.3. The van der Waals surface area contributed by atoms with Crippen molar-refractivity contribution in [1.29, 1.82) is 5.26 Å². The van der Waals surface area contributed by atoms with Gasteiger partial charge in [-0.25, -0.2) is 13.4 Å². The Bertz CT molecular complexity index is 1510. The fourth-order valence-corrected chi connectivity index (χ4v) is 7.54. The molecule has 2 aromatic carbocycles. The lowest BCUT2D eigenvalue weighted by molar-refractivity contribution is 0.0694. The highest BCUT2D eigenvalue weighted by Crippen LogP contribution is 2.40. The number of thiazole rings is 1. The van der Waals surface area contributed by atoms with Crippen molar-refractivity contribution in [3.8, 4) is 16.5 Å².